The second-order valence-corrected chi connectivity index (χ2v) is 3.36. The van der Waals surface area contributed by atoms with E-state index in [9.17, 15) is 0 Å². The van der Waals surface area contributed by atoms with Gasteiger partial charge in [-0.2, -0.15) is 0 Å². The summed E-state index contributed by atoms with van der Waals surface area (Å²) in [5.41, 5.74) is 1.72. The van der Waals surface area contributed by atoms with E-state index in [0.717, 1.165) is 5.92 Å². The van der Waals surface area contributed by atoms with E-state index >= 15 is 0 Å². The highest BCUT2D eigenvalue weighted by atomic mass is 14.2. The predicted molar refractivity (Wildman–Crippen MR) is 46.0 cm³/mol. The fourth-order valence-corrected chi connectivity index (χ4v) is 1.68. The lowest BCUT2D eigenvalue weighted by atomic mass is 10.0. The number of hydrogen-bond donors (Lipinski definition) is 0. The summed E-state index contributed by atoms with van der Waals surface area (Å²) in [6.45, 7) is 4.60. The Morgan fingerprint density at radius 1 is 1.60 bits per heavy atom. The lowest BCUT2D eigenvalue weighted by molar-refractivity contribution is 0.692. The van der Waals surface area contributed by atoms with Gasteiger partial charge in [-0.15, -0.1) is 0 Å². The summed E-state index contributed by atoms with van der Waals surface area (Å²) in [7, 11) is 0. The number of unbranched alkanes of at least 4 members (excludes halogenated alkanes) is 1. The minimum Gasteiger partial charge on any atom is -0.0851 e. The minimum absolute atomic E-state index is 0.895. The van der Waals surface area contributed by atoms with Crippen molar-refractivity contribution < 1.29 is 0 Å². The first-order chi connectivity index (χ1) is 4.84. The van der Waals surface area contributed by atoms with Gasteiger partial charge in [0.15, 0.2) is 0 Å². The standard InChI is InChI=1S/C10H18/c1-3-4-7-10-8-5-6-9(10)2/h7,9H,3-6,8H2,1-2H3/b10-7-/t9-/m1/s1. The maximum absolute atomic E-state index is 2.46. The van der Waals surface area contributed by atoms with Crippen LogP contribution >= 0.6 is 0 Å². The molecule has 0 bridgehead atoms. The first-order valence-corrected chi connectivity index (χ1v) is 4.53. The molecule has 1 rings (SSSR count). The van der Waals surface area contributed by atoms with Gasteiger partial charge in [-0.1, -0.05) is 31.9 Å². The summed E-state index contributed by atoms with van der Waals surface area (Å²) in [6, 6.07) is 0. The quantitative estimate of drug-likeness (QED) is 0.512. The van der Waals surface area contributed by atoms with Crippen molar-refractivity contribution in [2.24, 2.45) is 5.92 Å². The van der Waals surface area contributed by atoms with Crippen LogP contribution in [-0.2, 0) is 0 Å². The second kappa shape index (κ2) is 3.80. The molecule has 0 N–H and O–H groups in total. The molecule has 0 aromatic carbocycles. The van der Waals surface area contributed by atoms with Gasteiger partial charge < -0.3 is 0 Å². The Bertz CT molecular complexity index is 122. The molecular weight excluding hydrogens is 120 g/mol. The predicted octanol–water partition coefficient (Wildman–Crippen LogP) is 3.53. The van der Waals surface area contributed by atoms with Gasteiger partial charge in [-0.05, 0) is 31.6 Å². The molecule has 1 aliphatic rings. The fraction of sp³-hybridized carbons (Fsp3) is 0.800. The molecule has 0 unspecified atom stereocenters. The van der Waals surface area contributed by atoms with Crippen molar-refractivity contribution in [2.45, 2.75) is 46.0 Å². The molecule has 0 saturated heterocycles. The van der Waals surface area contributed by atoms with E-state index in [4.69, 9.17) is 0 Å². The first kappa shape index (κ1) is 7.84. The summed E-state index contributed by atoms with van der Waals surface area (Å²) in [5, 5.41) is 0. The maximum Gasteiger partial charge on any atom is -0.0232 e. The van der Waals surface area contributed by atoms with Crippen LogP contribution in [0.15, 0.2) is 11.6 Å². The van der Waals surface area contributed by atoms with Gasteiger partial charge in [-0.3, -0.25) is 0 Å². The SMILES string of the molecule is CCC/C=C1/CCC[C@H]1C. The number of allylic oxidation sites excluding steroid dienone is 2. The highest BCUT2D eigenvalue weighted by Crippen LogP contribution is 2.30. The van der Waals surface area contributed by atoms with Crippen LogP contribution < -0.4 is 0 Å². The molecule has 0 heterocycles. The summed E-state index contributed by atoms with van der Waals surface area (Å²) in [6.07, 6.45) is 9.28. The van der Waals surface area contributed by atoms with E-state index in [0.29, 0.717) is 0 Å². The molecule has 1 saturated carbocycles. The summed E-state index contributed by atoms with van der Waals surface area (Å²) in [5.74, 6) is 0.895. The fourth-order valence-electron chi connectivity index (χ4n) is 1.68. The third-order valence-electron chi connectivity index (χ3n) is 2.43. The second-order valence-electron chi connectivity index (χ2n) is 3.36. The molecule has 0 amide bonds. The maximum atomic E-state index is 2.46. The smallest absolute Gasteiger partial charge is 0.0232 e. The molecule has 0 radical (unpaired) electrons. The monoisotopic (exact) mass is 138 g/mol. The van der Waals surface area contributed by atoms with E-state index < -0.39 is 0 Å². The molecule has 0 nitrogen and oxygen atoms in total. The van der Waals surface area contributed by atoms with Gasteiger partial charge in [0.05, 0.1) is 0 Å². The molecule has 0 aliphatic heterocycles. The normalized spacial score (nSPS) is 29.8. The topological polar surface area (TPSA) is 0 Å². The van der Waals surface area contributed by atoms with Crippen molar-refractivity contribution in [3.8, 4) is 0 Å². The number of hydrogen-bond acceptors (Lipinski definition) is 0. The summed E-state index contributed by atoms with van der Waals surface area (Å²) in [4.78, 5) is 0. The Balaban J connectivity index is 2.38. The molecule has 10 heavy (non-hydrogen) atoms. The molecule has 1 fully saturated rings. The lowest BCUT2D eigenvalue weighted by Gasteiger charge is -2.02. The van der Waals surface area contributed by atoms with Crippen molar-refractivity contribution >= 4 is 0 Å². The van der Waals surface area contributed by atoms with E-state index in [1.165, 1.54) is 32.1 Å². The van der Waals surface area contributed by atoms with Crippen molar-refractivity contribution in [1.29, 1.82) is 0 Å². The molecule has 0 spiro atoms. The van der Waals surface area contributed by atoms with Crippen LogP contribution in [0.3, 0.4) is 0 Å². The average Bonchev–Trinajstić information content (AvgIpc) is 2.31. The van der Waals surface area contributed by atoms with E-state index in [1.807, 2.05) is 0 Å². The van der Waals surface area contributed by atoms with Crippen LogP contribution in [0, 0.1) is 5.92 Å². The Labute approximate surface area is 64.3 Å². The largest absolute Gasteiger partial charge is 0.0851 e. The van der Waals surface area contributed by atoms with Gasteiger partial charge >= 0.3 is 0 Å². The highest BCUT2D eigenvalue weighted by Gasteiger charge is 2.14. The van der Waals surface area contributed by atoms with Crippen molar-refractivity contribution in [3.63, 3.8) is 0 Å². The van der Waals surface area contributed by atoms with E-state index in [-0.39, 0.29) is 0 Å². The molecule has 1 aliphatic carbocycles. The van der Waals surface area contributed by atoms with Crippen LogP contribution in [0.2, 0.25) is 0 Å². The van der Waals surface area contributed by atoms with Gasteiger partial charge in [-0.25, -0.2) is 0 Å². The zero-order valence-electron chi connectivity index (χ0n) is 7.19. The van der Waals surface area contributed by atoms with Crippen LogP contribution in [0.5, 0.6) is 0 Å². The molecule has 0 heteroatoms. The highest BCUT2D eigenvalue weighted by molar-refractivity contribution is 5.09. The van der Waals surface area contributed by atoms with Gasteiger partial charge in [0, 0.05) is 0 Å². The van der Waals surface area contributed by atoms with Crippen LogP contribution in [0.4, 0.5) is 0 Å². The van der Waals surface area contributed by atoms with Gasteiger partial charge in [0.1, 0.15) is 0 Å². The third-order valence-corrected chi connectivity index (χ3v) is 2.43. The minimum atomic E-state index is 0.895. The summed E-state index contributed by atoms with van der Waals surface area (Å²) < 4.78 is 0. The van der Waals surface area contributed by atoms with Crippen LogP contribution in [-0.4, -0.2) is 0 Å². The Kier molecular flexibility index (Phi) is 2.98. The Morgan fingerprint density at radius 2 is 2.40 bits per heavy atom. The van der Waals surface area contributed by atoms with E-state index in [2.05, 4.69) is 19.9 Å². The van der Waals surface area contributed by atoms with Gasteiger partial charge in [0.2, 0.25) is 0 Å². The molecular formula is C10H18. The zero-order valence-corrected chi connectivity index (χ0v) is 7.19. The Hall–Kier alpha value is -0.260. The first-order valence-electron chi connectivity index (χ1n) is 4.53. The molecule has 1 atom stereocenters. The molecule has 58 valence electrons. The van der Waals surface area contributed by atoms with Gasteiger partial charge in [0.25, 0.3) is 0 Å². The Morgan fingerprint density at radius 3 is 2.90 bits per heavy atom. The lowest BCUT2D eigenvalue weighted by Crippen LogP contribution is -1.87. The van der Waals surface area contributed by atoms with Crippen molar-refractivity contribution in [3.05, 3.63) is 11.6 Å². The summed E-state index contributed by atoms with van der Waals surface area (Å²) >= 11 is 0. The zero-order chi connectivity index (χ0) is 7.40. The van der Waals surface area contributed by atoms with Crippen LogP contribution in [0.25, 0.3) is 0 Å². The number of rotatable bonds is 2. The van der Waals surface area contributed by atoms with Crippen molar-refractivity contribution in [2.75, 3.05) is 0 Å². The molecule has 0 aromatic heterocycles. The third kappa shape index (κ3) is 1.86. The van der Waals surface area contributed by atoms with Crippen molar-refractivity contribution in [1.82, 2.24) is 0 Å². The molecule has 0 aromatic rings. The van der Waals surface area contributed by atoms with Crippen LogP contribution in [0.1, 0.15) is 46.0 Å². The average molecular weight is 138 g/mol. The van der Waals surface area contributed by atoms with E-state index in [1.54, 1.807) is 5.57 Å².